The van der Waals surface area contributed by atoms with E-state index in [2.05, 4.69) is 0 Å². The third kappa shape index (κ3) is 4.52. The van der Waals surface area contributed by atoms with Gasteiger partial charge in [0.05, 0.1) is 9.79 Å². The molecule has 2 saturated heterocycles. The highest BCUT2D eigenvalue weighted by Gasteiger charge is 2.34. The molecule has 7 nitrogen and oxygen atoms in total. The Balaban J connectivity index is 1.65. The molecule has 0 unspecified atom stereocenters. The highest BCUT2D eigenvalue weighted by molar-refractivity contribution is 7.90. The Kier molecular flexibility index (Phi) is 5.93. The van der Waals surface area contributed by atoms with Gasteiger partial charge in [0.1, 0.15) is 0 Å². The van der Waals surface area contributed by atoms with Gasteiger partial charge in [-0.15, -0.1) is 0 Å². The number of carbonyl (C=O) groups excluding carboxylic acids is 1. The summed E-state index contributed by atoms with van der Waals surface area (Å²) in [5, 5.41) is 0. The minimum atomic E-state index is -3.68. The maximum atomic E-state index is 12.8. The number of nitrogens with zero attached hydrogens (tertiary/aromatic N) is 2. The number of likely N-dealkylation sites (tertiary alicyclic amines) is 1. The van der Waals surface area contributed by atoms with E-state index in [1.54, 1.807) is 0 Å². The molecule has 0 aliphatic carbocycles. The van der Waals surface area contributed by atoms with Crippen LogP contribution in [0.3, 0.4) is 0 Å². The van der Waals surface area contributed by atoms with Gasteiger partial charge >= 0.3 is 0 Å². The van der Waals surface area contributed by atoms with Crippen LogP contribution in [0.15, 0.2) is 34.1 Å². The summed E-state index contributed by atoms with van der Waals surface area (Å²) < 4.78 is 50.1. The van der Waals surface area contributed by atoms with Crippen LogP contribution in [0.4, 0.5) is 0 Å². The van der Waals surface area contributed by atoms with E-state index in [4.69, 9.17) is 0 Å². The van der Waals surface area contributed by atoms with E-state index in [9.17, 15) is 21.6 Å². The molecule has 0 spiro atoms. The van der Waals surface area contributed by atoms with E-state index in [0.717, 1.165) is 32.2 Å². The summed E-state index contributed by atoms with van der Waals surface area (Å²) in [7, 11) is -7.05. The minimum Gasteiger partial charge on any atom is -0.342 e. The van der Waals surface area contributed by atoms with E-state index in [1.807, 2.05) is 4.90 Å². The molecular weight excluding hydrogens is 388 g/mol. The number of carbonyl (C=O) groups is 1. The number of hydrogen-bond donors (Lipinski definition) is 0. The molecule has 0 saturated carbocycles. The van der Waals surface area contributed by atoms with Crippen molar-refractivity contribution < 1.29 is 21.6 Å². The molecular formula is C18H26N2O5S2. The smallest absolute Gasteiger partial charge is 0.243 e. The Hall–Kier alpha value is -1.45. The van der Waals surface area contributed by atoms with Crippen molar-refractivity contribution in [1.29, 1.82) is 0 Å². The second-order valence-electron chi connectivity index (χ2n) is 7.31. The molecule has 0 N–H and O–H groups in total. The van der Waals surface area contributed by atoms with Crippen LogP contribution in [0.5, 0.6) is 0 Å². The summed E-state index contributed by atoms with van der Waals surface area (Å²) in [5.74, 6) is 0.0476. The van der Waals surface area contributed by atoms with Crippen LogP contribution >= 0.6 is 0 Å². The van der Waals surface area contributed by atoms with Crippen LogP contribution in [0, 0.1) is 5.92 Å². The Labute approximate surface area is 161 Å². The zero-order chi connectivity index (χ0) is 19.7. The van der Waals surface area contributed by atoms with Gasteiger partial charge in [0.15, 0.2) is 9.84 Å². The fourth-order valence-electron chi connectivity index (χ4n) is 3.72. The van der Waals surface area contributed by atoms with Gasteiger partial charge in [-0.05, 0) is 56.4 Å². The third-order valence-corrected chi connectivity index (χ3v) is 8.40. The standard InChI is InChI=1S/C18H26N2O5S2/c1-26(22,23)16-5-7-17(8-6-16)27(24,25)20-13-9-15(10-14-20)18(21)19-11-3-2-4-12-19/h5-8,15H,2-4,9-14H2,1H3. The zero-order valence-corrected chi connectivity index (χ0v) is 17.1. The average Bonchev–Trinajstić information content (AvgIpc) is 2.67. The molecule has 27 heavy (non-hydrogen) atoms. The summed E-state index contributed by atoms with van der Waals surface area (Å²) in [6, 6.07) is 5.29. The first-order valence-electron chi connectivity index (χ1n) is 9.28. The number of amides is 1. The Morgan fingerprint density at radius 3 is 1.89 bits per heavy atom. The number of sulfone groups is 1. The first kappa shape index (κ1) is 20.3. The second-order valence-corrected chi connectivity index (χ2v) is 11.3. The lowest BCUT2D eigenvalue weighted by atomic mass is 9.95. The molecule has 150 valence electrons. The van der Waals surface area contributed by atoms with Crippen LogP contribution in [0.25, 0.3) is 0 Å². The molecule has 1 aromatic carbocycles. The minimum absolute atomic E-state index is 0.0794. The Morgan fingerprint density at radius 2 is 1.37 bits per heavy atom. The van der Waals surface area contributed by atoms with E-state index < -0.39 is 19.9 Å². The maximum Gasteiger partial charge on any atom is 0.243 e. The Bertz CT molecular complexity index is 880. The van der Waals surface area contributed by atoms with Gasteiger partial charge in [-0.25, -0.2) is 16.8 Å². The van der Waals surface area contributed by atoms with Gasteiger partial charge in [0.2, 0.25) is 15.9 Å². The molecule has 2 aliphatic heterocycles. The molecule has 2 aliphatic rings. The molecule has 2 heterocycles. The van der Waals surface area contributed by atoms with Gasteiger partial charge in [0, 0.05) is 38.4 Å². The second kappa shape index (κ2) is 7.89. The Morgan fingerprint density at radius 1 is 0.852 bits per heavy atom. The first-order chi connectivity index (χ1) is 12.7. The highest BCUT2D eigenvalue weighted by atomic mass is 32.2. The molecule has 0 atom stereocenters. The summed E-state index contributed by atoms with van der Waals surface area (Å²) >= 11 is 0. The van der Waals surface area contributed by atoms with E-state index >= 15 is 0 Å². The predicted octanol–water partition coefficient (Wildman–Crippen LogP) is 1.50. The normalized spacial score (nSPS) is 20.6. The maximum absolute atomic E-state index is 12.8. The van der Waals surface area contributed by atoms with E-state index in [-0.39, 0.29) is 21.6 Å². The molecule has 1 aromatic rings. The van der Waals surface area contributed by atoms with E-state index in [1.165, 1.54) is 35.0 Å². The predicted molar refractivity (Wildman–Crippen MR) is 101 cm³/mol. The van der Waals surface area contributed by atoms with Crippen LogP contribution in [0.2, 0.25) is 0 Å². The van der Waals surface area contributed by atoms with Crippen LogP contribution in [0.1, 0.15) is 32.1 Å². The number of sulfonamides is 1. The molecule has 0 aromatic heterocycles. The SMILES string of the molecule is CS(=O)(=O)c1ccc(S(=O)(=O)N2CCC(C(=O)N3CCCCC3)CC2)cc1. The van der Waals surface area contributed by atoms with Crippen LogP contribution in [-0.4, -0.2) is 64.4 Å². The highest BCUT2D eigenvalue weighted by Crippen LogP contribution is 2.26. The fraction of sp³-hybridized carbons (Fsp3) is 0.611. The largest absolute Gasteiger partial charge is 0.342 e. The topological polar surface area (TPSA) is 91.8 Å². The van der Waals surface area contributed by atoms with Gasteiger partial charge in [0.25, 0.3) is 0 Å². The van der Waals surface area contributed by atoms with Gasteiger partial charge in [-0.1, -0.05) is 0 Å². The van der Waals surface area contributed by atoms with Gasteiger partial charge in [-0.2, -0.15) is 4.31 Å². The number of benzene rings is 1. The summed E-state index contributed by atoms with van der Waals surface area (Å²) in [6.07, 6.45) is 5.38. The lowest BCUT2D eigenvalue weighted by Crippen LogP contribution is -2.45. The van der Waals surface area contributed by atoms with Crippen LogP contribution in [-0.2, 0) is 24.7 Å². The third-order valence-electron chi connectivity index (χ3n) is 5.36. The van der Waals surface area contributed by atoms with Crippen molar-refractivity contribution in [1.82, 2.24) is 9.21 Å². The first-order valence-corrected chi connectivity index (χ1v) is 12.6. The van der Waals surface area contributed by atoms with Crippen molar-refractivity contribution >= 4 is 25.8 Å². The number of rotatable bonds is 4. The lowest BCUT2D eigenvalue weighted by Gasteiger charge is -2.35. The van der Waals surface area contributed by atoms with Crippen molar-refractivity contribution in [2.75, 3.05) is 32.4 Å². The zero-order valence-electron chi connectivity index (χ0n) is 15.5. The molecule has 0 bridgehead atoms. The van der Waals surface area contributed by atoms with Crippen molar-refractivity contribution in [3.8, 4) is 0 Å². The monoisotopic (exact) mass is 414 g/mol. The number of hydrogen-bond acceptors (Lipinski definition) is 5. The molecule has 0 radical (unpaired) electrons. The van der Waals surface area contributed by atoms with Crippen molar-refractivity contribution in [3.63, 3.8) is 0 Å². The molecule has 2 fully saturated rings. The van der Waals surface area contributed by atoms with E-state index in [0.29, 0.717) is 25.9 Å². The molecule has 1 amide bonds. The summed E-state index contributed by atoms with van der Waals surface area (Å²) in [4.78, 5) is 14.7. The quantitative estimate of drug-likeness (QED) is 0.745. The van der Waals surface area contributed by atoms with Gasteiger partial charge in [-0.3, -0.25) is 4.79 Å². The summed E-state index contributed by atoms with van der Waals surface area (Å²) in [5.41, 5.74) is 0. The van der Waals surface area contributed by atoms with Crippen molar-refractivity contribution in [2.45, 2.75) is 41.9 Å². The average molecular weight is 415 g/mol. The molecule has 3 rings (SSSR count). The van der Waals surface area contributed by atoms with Crippen molar-refractivity contribution in [2.24, 2.45) is 5.92 Å². The lowest BCUT2D eigenvalue weighted by molar-refractivity contribution is -0.137. The van der Waals surface area contributed by atoms with Gasteiger partial charge < -0.3 is 4.90 Å². The fourth-order valence-corrected chi connectivity index (χ4v) is 5.82. The van der Waals surface area contributed by atoms with Crippen molar-refractivity contribution in [3.05, 3.63) is 24.3 Å². The summed E-state index contributed by atoms with van der Waals surface area (Å²) in [6.45, 7) is 2.23. The van der Waals surface area contributed by atoms with Crippen LogP contribution < -0.4 is 0 Å². The molecule has 9 heteroatoms. The number of piperidine rings is 2.